The van der Waals surface area contributed by atoms with E-state index in [9.17, 15) is 0 Å². The molecule has 15 heavy (non-hydrogen) atoms. The van der Waals surface area contributed by atoms with Crippen LogP contribution in [0.15, 0.2) is 10.7 Å². The van der Waals surface area contributed by atoms with Crippen molar-refractivity contribution in [1.82, 2.24) is 9.88 Å². The Morgan fingerprint density at radius 2 is 2.07 bits per heavy atom. The highest BCUT2D eigenvalue weighted by molar-refractivity contribution is 5.00. The van der Waals surface area contributed by atoms with Crippen molar-refractivity contribution in [1.29, 1.82) is 0 Å². The predicted molar refractivity (Wildman–Crippen MR) is 59.9 cm³/mol. The van der Waals surface area contributed by atoms with Gasteiger partial charge in [-0.1, -0.05) is 0 Å². The molecule has 1 saturated heterocycles. The number of piperidine rings is 1. The maximum atomic E-state index is 5.47. The first-order valence-corrected chi connectivity index (χ1v) is 5.83. The molecule has 1 fully saturated rings. The summed E-state index contributed by atoms with van der Waals surface area (Å²) in [6, 6.07) is 0.664. The lowest BCUT2D eigenvalue weighted by molar-refractivity contribution is 0.163. The Labute approximate surface area is 91.5 Å². The minimum atomic E-state index is 0.536. The number of hydrogen-bond acceptors (Lipinski definition) is 3. The molecule has 0 aromatic carbocycles. The van der Waals surface area contributed by atoms with Crippen LogP contribution in [0.3, 0.4) is 0 Å². The third kappa shape index (κ3) is 2.40. The van der Waals surface area contributed by atoms with E-state index in [1.165, 1.54) is 25.9 Å². The van der Waals surface area contributed by atoms with Gasteiger partial charge in [-0.25, -0.2) is 4.98 Å². The number of hydrogen-bond donors (Lipinski definition) is 0. The first-order chi connectivity index (χ1) is 7.16. The van der Waals surface area contributed by atoms with Gasteiger partial charge in [-0.15, -0.1) is 0 Å². The molecule has 2 rings (SSSR count). The van der Waals surface area contributed by atoms with Gasteiger partial charge in [0.2, 0.25) is 0 Å². The third-order valence-corrected chi connectivity index (χ3v) is 3.25. The number of likely N-dealkylation sites (tertiary alicyclic amines) is 1. The minimum absolute atomic E-state index is 0.536. The molecule has 3 heteroatoms. The molecule has 1 aromatic rings. The Morgan fingerprint density at radius 1 is 1.40 bits per heavy atom. The Kier molecular flexibility index (Phi) is 3.10. The van der Waals surface area contributed by atoms with Crippen molar-refractivity contribution in [3.8, 4) is 0 Å². The second kappa shape index (κ2) is 4.35. The van der Waals surface area contributed by atoms with Crippen LogP contribution in [-0.4, -0.2) is 29.0 Å². The van der Waals surface area contributed by atoms with Crippen molar-refractivity contribution in [3.05, 3.63) is 17.8 Å². The Bertz CT molecular complexity index is 311. The van der Waals surface area contributed by atoms with Gasteiger partial charge in [0, 0.05) is 12.0 Å². The monoisotopic (exact) mass is 208 g/mol. The van der Waals surface area contributed by atoms with Crippen molar-refractivity contribution in [3.63, 3.8) is 0 Å². The molecule has 0 unspecified atom stereocenters. The van der Waals surface area contributed by atoms with E-state index in [-0.39, 0.29) is 0 Å². The van der Waals surface area contributed by atoms with E-state index in [1.807, 2.05) is 6.92 Å². The standard InChI is InChI=1S/C12H20N2O/c1-9(2)14-6-4-11(5-7-14)12-13-10(3)8-15-12/h8-9,11H,4-7H2,1-3H3. The van der Waals surface area contributed by atoms with E-state index >= 15 is 0 Å². The zero-order valence-electron chi connectivity index (χ0n) is 9.86. The van der Waals surface area contributed by atoms with Gasteiger partial charge < -0.3 is 9.32 Å². The third-order valence-electron chi connectivity index (χ3n) is 3.25. The van der Waals surface area contributed by atoms with Crippen LogP contribution in [0.1, 0.15) is 44.2 Å². The second-order valence-corrected chi connectivity index (χ2v) is 4.73. The average Bonchev–Trinajstić information content (AvgIpc) is 2.65. The van der Waals surface area contributed by atoms with Crippen LogP contribution in [0, 0.1) is 6.92 Å². The molecule has 1 aromatic heterocycles. The molecular formula is C12H20N2O. The van der Waals surface area contributed by atoms with Gasteiger partial charge in [-0.2, -0.15) is 0 Å². The maximum Gasteiger partial charge on any atom is 0.197 e. The van der Waals surface area contributed by atoms with Crippen molar-refractivity contribution in [2.24, 2.45) is 0 Å². The van der Waals surface area contributed by atoms with Crippen LogP contribution in [0.5, 0.6) is 0 Å². The first-order valence-electron chi connectivity index (χ1n) is 5.83. The predicted octanol–water partition coefficient (Wildman–Crippen LogP) is 2.57. The summed E-state index contributed by atoms with van der Waals surface area (Å²) in [5.41, 5.74) is 0.997. The van der Waals surface area contributed by atoms with Gasteiger partial charge >= 0.3 is 0 Å². The SMILES string of the molecule is Cc1coc(C2CCN(C(C)C)CC2)n1. The summed E-state index contributed by atoms with van der Waals surface area (Å²) in [6.45, 7) is 8.84. The highest BCUT2D eigenvalue weighted by Crippen LogP contribution is 2.27. The van der Waals surface area contributed by atoms with Gasteiger partial charge in [0.05, 0.1) is 5.69 Å². The molecule has 84 valence electrons. The second-order valence-electron chi connectivity index (χ2n) is 4.73. The molecule has 0 aliphatic carbocycles. The van der Waals surface area contributed by atoms with E-state index < -0.39 is 0 Å². The fourth-order valence-electron chi connectivity index (χ4n) is 2.22. The van der Waals surface area contributed by atoms with Gasteiger partial charge in [-0.05, 0) is 46.7 Å². The van der Waals surface area contributed by atoms with Gasteiger partial charge in [-0.3, -0.25) is 0 Å². The van der Waals surface area contributed by atoms with Crippen molar-refractivity contribution in [2.75, 3.05) is 13.1 Å². The van der Waals surface area contributed by atoms with Crippen LogP contribution < -0.4 is 0 Å². The van der Waals surface area contributed by atoms with Crippen LogP contribution in [0.25, 0.3) is 0 Å². The Balaban J connectivity index is 1.93. The Hall–Kier alpha value is -0.830. The molecule has 2 heterocycles. The number of nitrogens with zero attached hydrogens (tertiary/aromatic N) is 2. The minimum Gasteiger partial charge on any atom is -0.448 e. The first kappa shape index (κ1) is 10.7. The highest BCUT2D eigenvalue weighted by Gasteiger charge is 2.24. The molecule has 1 aliphatic rings. The number of aromatic nitrogens is 1. The normalized spacial score (nSPS) is 20.0. The Morgan fingerprint density at radius 3 is 2.53 bits per heavy atom. The summed E-state index contributed by atoms with van der Waals surface area (Å²) in [6.07, 6.45) is 4.11. The van der Waals surface area contributed by atoms with E-state index in [4.69, 9.17) is 4.42 Å². The summed E-state index contributed by atoms with van der Waals surface area (Å²) in [5.74, 6) is 1.48. The van der Waals surface area contributed by atoms with Crippen LogP contribution in [0.2, 0.25) is 0 Å². The molecule has 0 radical (unpaired) electrons. The fraction of sp³-hybridized carbons (Fsp3) is 0.750. The number of rotatable bonds is 2. The summed E-state index contributed by atoms with van der Waals surface area (Å²) >= 11 is 0. The van der Waals surface area contributed by atoms with Crippen molar-refractivity contribution < 1.29 is 4.42 Å². The largest absolute Gasteiger partial charge is 0.448 e. The van der Waals surface area contributed by atoms with E-state index in [0.29, 0.717) is 12.0 Å². The highest BCUT2D eigenvalue weighted by atomic mass is 16.3. The summed E-state index contributed by atoms with van der Waals surface area (Å²) in [4.78, 5) is 6.94. The molecule has 0 spiro atoms. The average molecular weight is 208 g/mol. The topological polar surface area (TPSA) is 29.3 Å². The molecule has 3 nitrogen and oxygen atoms in total. The molecule has 0 atom stereocenters. The van der Waals surface area contributed by atoms with Crippen LogP contribution in [0.4, 0.5) is 0 Å². The quantitative estimate of drug-likeness (QED) is 0.748. The zero-order chi connectivity index (χ0) is 10.8. The summed E-state index contributed by atoms with van der Waals surface area (Å²) < 4.78 is 5.47. The maximum absolute atomic E-state index is 5.47. The lowest BCUT2D eigenvalue weighted by Gasteiger charge is -2.33. The molecule has 0 bridgehead atoms. The lowest BCUT2D eigenvalue weighted by Crippen LogP contribution is -2.37. The molecule has 0 amide bonds. The lowest BCUT2D eigenvalue weighted by atomic mass is 9.96. The zero-order valence-corrected chi connectivity index (χ0v) is 9.86. The van der Waals surface area contributed by atoms with Gasteiger partial charge in [0.25, 0.3) is 0 Å². The van der Waals surface area contributed by atoms with Gasteiger partial charge in [0.15, 0.2) is 5.89 Å². The summed E-state index contributed by atoms with van der Waals surface area (Å²) in [7, 11) is 0. The van der Waals surface area contributed by atoms with E-state index in [0.717, 1.165) is 11.6 Å². The van der Waals surface area contributed by atoms with Gasteiger partial charge in [0.1, 0.15) is 6.26 Å². The fourth-order valence-corrected chi connectivity index (χ4v) is 2.22. The number of oxazole rings is 1. The molecule has 0 saturated carbocycles. The van der Waals surface area contributed by atoms with E-state index in [2.05, 4.69) is 23.7 Å². The number of aryl methyl sites for hydroxylation is 1. The van der Waals surface area contributed by atoms with Crippen LogP contribution >= 0.6 is 0 Å². The van der Waals surface area contributed by atoms with Crippen LogP contribution in [-0.2, 0) is 0 Å². The van der Waals surface area contributed by atoms with Crippen molar-refractivity contribution in [2.45, 2.75) is 45.6 Å². The summed E-state index contributed by atoms with van der Waals surface area (Å²) in [5, 5.41) is 0. The van der Waals surface area contributed by atoms with Crippen molar-refractivity contribution >= 4 is 0 Å². The van der Waals surface area contributed by atoms with E-state index in [1.54, 1.807) is 6.26 Å². The smallest absolute Gasteiger partial charge is 0.197 e. The molecule has 0 N–H and O–H groups in total. The molecule has 1 aliphatic heterocycles. The molecular weight excluding hydrogens is 188 g/mol.